The average molecular weight is 641 g/mol. The van der Waals surface area contributed by atoms with Crippen LogP contribution in [0.5, 0.6) is 5.75 Å². The minimum absolute atomic E-state index is 0.298. The first kappa shape index (κ1) is 35.5. The molecule has 0 heterocycles. The number of unbranched alkanes of at least 4 members (excludes halogenated alkanes) is 5. The third-order valence-corrected chi connectivity index (χ3v) is 11.8. The molecule has 2 aromatic rings. The van der Waals surface area contributed by atoms with Crippen LogP contribution >= 0.6 is 0 Å². The molecule has 3 aliphatic carbocycles. The van der Waals surface area contributed by atoms with Gasteiger partial charge in [0.1, 0.15) is 5.75 Å². The summed E-state index contributed by atoms with van der Waals surface area (Å²) in [6.45, 7) is 2.22. The average Bonchev–Trinajstić information content (AvgIpc) is 3.58. The summed E-state index contributed by atoms with van der Waals surface area (Å²) in [6.07, 6.45) is 28.3. The van der Waals surface area contributed by atoms with Crippen LogP contribution in [0.4, 0.5) is 0 Å². The van der Waals surface area contributed by atoms with E-state index in [1.165, 1.54) is 56.1 Å². The highest BCUT2D eigenvalue weighted by atomic mass is 16.4. The van der Waals surface area contributed by atoms with E-state index in [9.17, 15) is 20.1 Å². The van der Waals surface area contributed by atoms with Gasteiger partial charge in [-0.3, -0.25) is 4.79 Å². The van der Waals surface area contributed by atoms with Gasteiger partial charge in [0.25, 0.3) is 0 Å². The van der Waals surface area contributed by atoms with E-state index in [0.29, 0.717) is 30.4 Å². The van der Waals surface area contributed by atoms with Gasteiger partial charge in [-0.05, 0) is 130 Å². The van der Waals surface area contributed by atoms with Crippen molar-refractivity contribution < 1.29 is 20.1 Å². The van der Waals surface area contributed by atoms with Crippen molar-refractivity contribution in [2.24, 2.45) is 17.8 Å². The van der Waals surface area contributed by atoms with Crippen LogP contribution in [0.3, 0.4) is 0 Å². The maximum atomic E-state index is 12.9. The monoisotopic (exact) mass is 640 g/mol. The van der Waals surface area contributed by atoms with Crippen LogP contribution < -0.4 is 0 Å². The third-order valence-electron chi connectivity index (χ3n) is 11.8. The number of rotatable bonds is 13. The summed E-state index contributed by atoms with van der Waals surface area (Å²) in [6, 6.07) is 15.1. The highest BCUT2D eigenvalue weighted by Crippen LogP contribution is 2.48. The Kier molecular flexibility index (Phi) is 13.2. The lowest BCUT2D eigenvalue weighted by Gasteiger charge is -2.44. The van der Waals surface area contributed by atoms with Gasteiger partial charge in [-0.2, -0.15) is 0 Å². The van der Waals surface area contributed by atoms with Crippen LogP contribution in [-0.4, -0.2) is 27.4 Å². The molecule has 1 saturated carbocycles. The van der Waals surface area contributed by atoms with E-state index in [-0.39, 0.29) is 0 Å². The quantitative estimate of drug-likeness (QED) is 0.150. The maximum Gasteiger partial charge on any atom is 0.307 e. The lowest BCUT2D eigenvalue weighted by Crippen LogP contribution is -2.45. The molecule has 4 nitrogen and oxygen atoms in total. The molecule has 4 heteroatoms. The fourth-order valence-electron chi connectivity index (χ4n) is 9.13. The molecule has 3 aliphatic rings. The van der Waals surface area contributed by atoms with Crippen molar-refractivity contribution in [2.45, 2.75) is 146 Å². The lowest BCUT2D eigenvalue weighted by atomic mass is 9.60. The molecule has 0 aliphatic heterocycles. The van der Waals surface area contributed by atoms with Gasteiger partial charge in [-0.25, -0.2) is 0 Å². The van der Waals surface area contributed by atoms with Crippen LogP contribution in [0.25, 0.3) is 0 Å². The topological polar surface area (TPSA) is 77.8 Å². The number of carboxylic acids is 1. The second-order valence-electron chi connectivity index (χ2n) is 15.1. The van der Waals surface area contributed by atoms with Crippen LogP contribution in [0, 0.1) is 17.8 Å². The van der Waals surface area contributed by atoms with E-state index in [0.717, 1.165) is 81.3 Å². The minimum Gasteiger partial charge on any atom is -0.508 e. The van der Waals surface area contributed by atoms with E-state index >= 15 is 0 Å². The number of benzene rings is 2. The Hall–Kier alpha value is -2.85. The summed E-state index contributed by atoms with van der Waals surface area (Å²) in [5.41, 5.74) is 4.13. The Morgan fingerprint density at radius 1 is 0.915 bits per heavy atom. The van der Waals surface area contributed by atoms with Crippen LogP contribution in [-0.2, 0) is 23.1 Å². The molecule has 0 aromatic heterocycles. The van der Waals surface area contributed by atoms with E-state index in [2.05, 4.69) is 67.6 Å². The van der Waals surface area contributed by atoms with E-state index in [1.54, 1.807) is 0 Å². The second kappa shape index (κ2) is 17.5. The Labute approximate surface area is 284 Å². The zero-order chi connectivity index (χ0) is 33.1. The Morgan fingerprint density at radius 2 is 1.74 bits per heavy atom. The van der Waals surface area contributed by atoms with Crippen molar-refractivity contribution in [3.8, 4) is 5.75 Å². The van der Waals surface area contributed by atoms with Crippen molar-refractivity contribution in [3.05, 3.63) is 89.0 Å². The molecule has 2 aromatic carbocycles. The van der Waals surface area contributed by atoms with Gasteiger partial charge < -0.3 is 15.3 Å². The number of aliphatic carboxylic acids is 1. The number of phenols is 1. The fourth-order valence-corrected chi connectivity index (χ4v) is 9.13. The molecule has 1 fully saturated rings. The summed E-state index contributed by atoms with van der Waals surface area (Å²) < 4.78 is 0. The molecular formula is C43H60O4. The second-order valence-corrected chi connectivity index (χ2v) is 15.1. The van der Waals surface area contributed by atoms with Gasteiger partial charge >= 0.3 is 5.97 Å². The predicted octanol–water partition coefficient (Wildman–Crippen LogP) is 10.6. The Bertz CT molecular complexity index is 1340. The van der Waals surface area contributed by atoms with Crippen molar-refractivity contribution in [2.75, 3.05) is 0 Å². The molecule has 6 atom stereocenters. The van der Waals surface area contributed by atoms with E-state index < -0.39 is 23.4 Å². The molecule has 0 radical (unpaired) electrons. The Balaban J connectivity index is 1.44. The van der Waals surface area contributed by atoms with Crippen molar-refractivity contribution in [1.82, 2.24) is 0 Å². The number of aryl methyl sites for hydroxylation is 1. The molecule has 3 N–H and O–H groups in total. The smallest absolute Gasteiger partial charge is 0.307 e. The number of fused-ring (bicyclic) bond motifs is 3. The number of hydrogen-bond donors (Lipinski definition) is 3. The normalized spacial score (nSPS) is 27.8. The van der Waals surface area contributed by atoms with Crippen molar-refractivity contribution in [1.29, 1.82) is 0 Å². The van der Waals surface area contributed by atoms with Gasteiger partial charge in [0, 0.05) is 5.41 Å². The molecule has 2 bridgehead atoms. The molecule has 47 heavy (non-hydrogen) atoms. The molecular weight excluding hydrogens is 580 g/mol. The molecule has 5 rings (SSSR count). The lowest BCUT2D eigenvalue weighted by molar-refractivity contribution is -0.145. The van der Waals surface area contributed by atoms with E-state index in [1.807, 2.05) is 6.07 Å². The largest absolute Gasteiger partial charge is 0.508 e. The van der Waals surface area contributed by atoms with Crippen molar-refractivity contribution in [3.63, 3.8) is 0 Å². The van der Waals surface area contributed by atoms with Gasteiger partial charge in [0.15, 0.2) is 0 Å². The summed E-state index contributed by atoms with van der Waals surface area (Å²) in [7, 11) is 0. The minimum atomic E-state index is -0.756. The summed E-state index contributed by atoms with van der Waals surface area (Å²) in [5.74, 6) is 0.605. The maximum absolute atomic E-state index is 12.9. The molecule has 0 amide bonds. The number of aliphatic hydroxyl groups excluding tert-OH is 1. The third kappa shape index (κ3) is 9.40. The van der Waals surface area contributed by atoms with Crippen LogP contribution in [0.15, 0.2) is 66.8 Å². The number of aliphatic hydroxyl groups is 1. The first-order valence-corrected chi connectivity index (χ1v) is 19.0. The predicted molar refractivity (Wildman–Crippen MR) is 193 cm³/mol. The first-order chi connectivity index (χ1) is 22.9. The number of hydrogen-bond acceptors (Lipinski definition) is 3. The molecule has 0 unspecified atom stereocenters. The zero-order valence-corrected chi connectivity index (χ0v) is 28.9. The van der Waals surface area contributed by atoms with Gasteiger partial charge in [0.05, 0.1) is 12.0 Å². The highest BCUT2D eigenvalue weighted by Gasteiger charge is 2.47. The summed E-state index contributed by atoms with van der Waals surface area (Å²) in [5, 5.41) is 32.2. The summed E-state index contributed by atoms with van der Waals surface area (Å²) in [4.78, 5) is 12.9. The van der Waals surface area contributed by atoms with E-state index in [4.69, 9.17) is 0 Å². The number of allylic oxidation sites excluding steroid dienone is 4. The summed E-state index contributed by atoms with van der Waals surface area (Å²) >= 11 is 0. The van der Waals surface area contributed by atoms with Gasteiger partial charge in [0.2, 0.25) is 0 Å². The first-order valence-electron chi connectivity index (χ1n) is 19.0. The van der Waals surface area contributed by atoms with Crippen molar-refractivity contribution >= 4 is 5.97 Å². The highest BCUT2D eigenvalue weighted by molar-refractivity contribution is 5.73. The SMILES string of the molecule is CCCCCc1cc([C@H]2Cc3cccc(c3)[C@@]3(CCC[C@@H](O)C3)[C@H](C(=O)O)CC=CC[C@H]2CCCCCC[C@H]2C=CCC2)ccc1O. The number of aromatic hydroxyl groups is 1. The number of carboxylic acid groups (broad SMARTS) is 1. The van der Waals surface area contributed by atoms with Crippen LogP contribution in [0.2, 0.25) is 0 Å². The van der Waals surface area contributed by atoms with Crippen LogP contribution in [0.1, 0.15) is 144 Å². The fraction of sp³-hybridized carbons (Fsp3) is 0.605. The molecule has 256 valence electrons. The van der Waals surface area contributed by atoms with Gasteiger partial charge in [-0.1, -0.05) is 106 Å². The number of carbonyl (C=O) groups is 1. The molecule has 1 spiro atoms. The van der Waals surface area contributed by atoms with Gasteiger partial charge in [-0.15, -0.1) is 0 Å². The standard InChI is InChI=1S/C43H60O4/c1-2-3-6-21-36-30-35(25-26-41(36)45)39-29-33-18-13-22-37(28-33)43(27-14-23-38(44)31-43)40(42(46)47)24-12-11-20-34(39)19-8-5-4-7-15-32-16-9-10-17-32/h9,11-13,16,18,22,25-26,28,30,32,34,38-40,44-45H,2-8,10,14-15,17,19-21,23-24,27,29,31H2,1H3,(H,46,47)/t32-,34+,38+,39-,40-,43-/m0/s1. The zero-order valence-electron chi connectivity index (χ0n) is 28.9. The molecule has 0 saturated heterocycles. The Morgan fingerprint density at radius 3 is 2.51 bits per heavy atom. The number of phenolic OH excluding ortho intramolecular Hbond substituents is 1.